The molecular formula is C25H19ClF3N5O2S. The van der Waals surface area contributed by atoms with Crippen LogP contribution in [0.15, 0.2) is 78.9 Å². The third kappa shape index (κ3) is 7.28. The van der Waals surface area contributed by atoms with Gasteiger partial charge in [-0.1, -0.05) is 65.4 Å². The number of amides is 3. The summed E-state index contributed by atoms with van der Waals surface area (Å²) in [6.45, 7) is 0. The molecule has 1 heterocycles. The number of aromatic nitrogens is 2. The second-order valence-corrected chi connectivity index (χ2v) is 9.24. The minimum Gasteiger partial charge on any atom is -0.326 e. The van der Waals surface area contributed by atoms with Gasteiger partial charge in [-0.3, -0.25) is 10.1 Å². The van der Waals surface area contributed by atoms with E-state index in [1.54, 1.807) is 48.5 Å². The summed E-state index contributed by atoms with van der Waals surface area (Å²) in [7, 11) is 0. The van der Waals surface area contributed by atoms with Gasteiger partial charge < -0.3 is 10.6 Å². The molecule has 0 fully saturated rings. The average Bonchev–Trinajstić information content (AvgIpc) is 3.33. The highest BCUT2D eigenvalue weighted by Crippen LogP contribution is 2.30. The van der Waals surface area contributed by atoms with E-state index >= 15 is 0 Å². The number of urea groups is 1. The van der Waals surface area contributed by atoms with Crippen molar-refractivity contribution in [2.45, 2.75) is 18.6 Å². The lowest BCUT2D eigenvalue weighted by atomic mass is 10.1. The van der Waals surface area contributed by atoms with Crippen molar-refractivity contribution in [3.05, 3.63) is 95.0 Å². The molecule has 4 rings (SSSR count). The lowest BCUT2D eigenvalue weighted by Gasteiger charge is -2.18. The van der Waals surface area contributed by atoms with E-state index in [-0.39, 0.29) is 17.2 Å². The number of halogens is 4. The number of hydrogen-bond acceptors (Lipinski definition) is 5. The molecule has 0 bridgehead atoms. The normalized spacial score (nSPS) is 12.0. The van der Waals surface area contributed by atoms with E-state index < -0.39 is 29.7 Å². The third-order valence-electron chi connectivity index (χ3n) is 5.12. The summed E-state index contributed by atoms with van der Waals surface area (Å²) in [6.07, 6.45) is -4.33. The Balaban J connectivity index is 1.45. The van der Waals surface area contributed by atoms with Gasteiger partial charge in [-0.25, -0.2) is 4.79 Å². The van der Waals surface area contributed by atoms with E-state index in [1.165, 1.54) is 0 Å². The van der Waals surface area contributed by atoms with Crippen LogP contribution in [0.2, 0.25) is 5.02 Å². The van der Waals surface area contributed by atoms with Crippen molar-refractivity contribution in [2.75, 3.05) is 10.6 Å². The van der Waals surface area contributed by atoms with E-state index in [9.17, 15) is 22.8 Å². The first-order valence-corrected chi connectivity index (χ1v) is 12.1. The summed E-state index contributed by atoms with van der Waals surface area (Å²) in [4.78, 5) is 25.7. The molecular weight excluding hydrogens is 527 g/mol. The Hall–Kier alpha value is -3.96. The number of nitrogens with one attached hydrogen (secondary N) is 3. The van der Waals surface area contributed by atoms with Gasteiger partial charge in [0, 0.05) is 22.7 Å². The molecule has 190 valence electrons. The summed E-state index contributed by atoms with van der Waals surface area (Å²) in [5.41, 5.74) is 0.866. The van der Waals surface area contributed by atoms with Crippen molar-refractivity contribution in [3.63, 3.8) is 0 Å². The molecule has 4 aromatic rings. The minimum absolute atomic E-state index is 0.140. The predicted octanol–water partition coefficient (Wildman–Crippen LogP) is 6.25. The van der Waals surface area contributed by atoms with Crippen molar-refractivity contribution in [2.24, 2.45) is 0 Å². The number of carbonyl (C=O) groups excluding carboxylic acids is 2. The van der Waals surface area contributed by atoms with Crippen LogP contribution in [0.4, 0.5) is 28.8 Å². The standard InChI is InChI=1S/C25H19ClF3N5O2S/c26-18-10-6-16(7-11-18)22-33-34-24(37-22)32-21(35)20(14-15-4-2-1-3-5-15)31-23(36)30-19-12-8-17(9-13-19)25(27,28)29/h1-13,20H,14H2,(H2,30,31,36)(H,32,34,35). The van der Waals surface area contributed by atoms with E-state index in [1.807, 2.05) is 6.07 Å². The van der Waals surface area contributed by atoms with Crippen LogP contribution in [0.5, 0.6) is 0 Å². The quantitative estimate of drug-likeness (QED) is 0.256. The van der Waals surface area contributed by atoms with Crippen LogP contribution >= 0.6 is 22.9 Å². The lowest BCUT2D eigenvalue weighted by Crippen LogP contribution is -2.46. The Morgan fingerprint density at radius 1 is 0.892 bits per heavy atom. The Bertz CT molecular complexity index is 1360. The van der Waals surface area contributed by atoms with E-state index in [2.05, 4.69) is 26.1 Å². The molecule has 3 aromatic carbocycles. The zero-order valence-corrected chi connectivity index (χ0v) is 20.5. The van der Waals surface area contributed by atoms with E-state index in [0.717, 1.165) is 46.7 Å². The van der Waals surface area contributed by atoms with Gasteiger partial charge in [-0.15, -0.1) is 10.2 Å². The molecule has 3 N–H and O–H groups in total. The number of anilines is 2. The molecule has 1 unspecified atom stereocenters. The topological polar surface area (TPSA) is 96.0 Å². The van der Waals surface area contributed by atoms with Crippen molar-refractivity contribution in [3.8, 4) is 10.6 Å². The monoisotopic (exact) mass is 545 g/mol. The van der Waals surface area contributed by atoms with Gasteiger partial charge in [-0.05, 0) is 42.0 Å². The Labute approximate surface area is 218 Å². The molecule has 3 amide bonds. The molecule has 0 radical (unpaired) electrons. The molecule has 0 saturated carbocycles. The van der Waals surface area contributed by atoms with E-state index in [0.29, 0.717) is 10.0 Å². The lowest BCUT2D eigenvalue weighted by molar-refractivity contribution is -0.137. The zero-order chi connectivity index (χ0) is 26.4. The first-order valence-electron chi connectivity index (χ1n) is 10.9. The van der Waals surface area contributed by atoms with Gasteiger partial charge >= 0.3 is 12.2 Å². The maximum Gasteiger partial charge on any atom is 0.416 e. The smallest absolute Gasteiger partial charge is 0.326 e. The van der Waals surface area contributed by atoms with Crippen LogP contribution in [0.25, 0.3) is 10.6 Å². The molecule has 0 spiro atoms. The molecule has 37 heavy (non-hydrogen) atoms. The van der Waals surface area contributed by atoms with Gasteiger partial charge in [-0.2, -0.15) is 13.2 Å². The van der Waals surface area contributed by atoms with Crippen molar-refractivity contribution in [1.82, 2.24) is 15.5 Å². The summed E-state index contributed by atoms with van der Waals surface area (Å²) in [5.74, 6) is -0.537. The molecule has 0 saturated heterocycles. The summed E-state index contributed by atoms with van der Waals surface area (Å²) < 4.78 is 38.4. The summed E-state index contributed by atoms with van der Waals surface area (Å²) in [6, 6.07) is 18.2. The van der Waals surface area contributed by atoms with Gasteiger partial charge in [0.25, 0.3) is 0 Å². The number of alkyl halides is 3. The fourth-order valence-electron chi connectivity index (χ4n) is 3.30. The average molecular weight is 546 g/mol. The first kappa shape index (κ1) is 26.1. The van der Waals surface area contributed by atoms with Crippen molar-refractivity contribution >= 4 is 45.7 Å². The number of rotatable bonds is 7. The molecule has 7 nitrogen and oxygen atoms in total. The van der Waals surface area contributed by atoms with Gasteiger partial charge in [0.05, 0.1) is 5.56 Å². The van der Waals surface area contributed by atoms with Crippen LogP contribution in [0, 0.1) is 0 Å². The molecule has 0 aliphatic heterocycles. The summed E-state index contributed by atoms with van der Waals surface area (Å²) >= 11 is 7.07. The molecule has 12 heteroatoms. The highest BCUT2D eigenvalue weighted by molar-refractivity contribution is 7.18. The van der Waals surface area contributed by atoms with E-state index in [4.69, 9.17) is 11.6 Å². The molecule has 1 atom stereocenters. The zero-order valence-electron chi connectivity index (χ0n) is 18.9. The number of hydrogen-bond donors (Lipinski definition) is 3. The first-order chi connectivity index (χ1) is 17.7. The number of nitrogens with zero attached hydrogens (tertiary/aromatic N) is 2. The molecule has 1 aromatic heterocycles. The second-order valence-electron chi connectivity index (χ2n) is 7.82. The minimum atomic E-state index is -4.49. The van der Waals surface area contributed by atoms with Crippen LogP contribution in [-0.2, 0) is 17.4 Å². The highest BCUT2D eigenvalue weighted by Gasteiger charge is 2.30. The maximum atomic E-state index is 13.1. The van der Waals surface area contributed by atoms with Crippen molar-refractivity contribution < 1.29 is 22.8 Å². The number of carbonyl (C=O) groups is 2. The maximum absolute atomic E-state index is 13.1. The molecule has 0 aliphatic carbocycles. The van der Waals surface area contributed by atoms with Crippen LogP contribution in [0.3, 0.4) is 0 Å². The van der Waals surface area contributed by atoms with Crippen LogP contribution in [0.1, 0.15) is 11.1 Å². The Kier molecular flexibility index (Phi) is 8.04. The highest BCUT2D eigenvalue weighted by atomic mass is 35.5. The third-order valence-corrected chi connectivity index (χ3v) is 6.26. The van der Waals surface area contributed by atoms with Gasteiger partial charge in [0.2, 0.25) is 11.0 Å². The Morgan fingerprint density at radius 2 is 1.57 bits per heavy atom. The van der Waals surface area contributed by atoms with Gasteiger partial charge in [0.1, 0.15) is 11.0 Å². The fourth-order valence-corrected chi connectivity index (χ4v) is 4.18. The number of benzene rings is 3. The van der Waals surface area contributed by atoms with Crippen LogP contribution < -0.4 is 16.0 Å². The fraction of sp³-hybridized carbons (Fsp3) is 0.120. The van der Waals surface area contributed by atoms with Crippen LogP contribution in [-0.4, -0.2) is 28.2 Å². The summed E-state index contributed by atoms with van der Waals surface area (Å²) in [5, 5.41) is 17.2. The second kappa shape index (κ2) is 11.4. The largest absolute Gasteiger partial charge is 0.416 e. The van der Waals surface area contributed by atoms with Gasteiger partial charge in [0.15, 0.2) is 0 Å². The molecule has 0 aliphatic rings. The van der Waals surface area contributed by atoms with Crippen molar-refractivity contribution in [1.29, 1.82) is 0 Å². The Morgan fingerprint density at radius 3 is 2.22 bits per heavy atom. The predicted molar refractivity (Wildman–Crippen MR) is 137 cm³/mol. The SMILES string of the molecule is O=C(Nc1ccc(C(F)(F)F)cc1)NC(Cc1ccccc1)C(=O)Nc1nnc(-c2ccc(Cl)cc2)s1.